The van der Waals surface area contributed by atoms with Crippen LogP contribution in [0.1, 0.15) is 20.3 Å². The molecule has 0 amide bonds. The predicted molar refractivity (Wildman–Crippen MR) is 30.9 cm³/mol. The van der Waals surface area contributed by atoms with E-state index in [1.54, 1.807) is 6.26 Å². The van der Waals surface area contributed by atoms with E-state index in [1.807, 2.05) is 0 Å². The van der Waals surface area contributed by atoms with E-state index in [1.165, 1.54) is 6.42 Å². The molecule has 0 aromatic carbocycles. The van der Waals surface area contributed by atoms with Crippen molar-refractivity contribution < 1.29 is 0 Å². The lowest BCUT2D eigenvalue weighted by molar-refractivity contribution is 1.09. The monoisotopic (exact) mass is 92.1 g/mol. The van der Waals surface area contributed by atoms with Crippen molar-refractivity contribution in [2.75, 3.05) is 6.26 Å². The Morgan fingerprint density at radius 2 is 1.20 bits per heavy atom. The van der Waals surface area contributed by atoms with E-state index in [2.05, 4.69) is 26.5 Å². The van der Waals surface area contributed by atoms with Crippen LogP contribution in [0.15, 0.2) is 0 Å². The van der Waals surface area contributed by atoms with Crippen molar-refractivity contribution in [2.45, 2.75) is 20.3 Å². The average molecular weight is 92.2 g/mol. The summed E-state index contributed by atoms with van der Waals surface area (Å²) in [7, 11) is 0. The molecule has 5 heavy (non-hydrogen) atoms. The Bertz CT molecular complexity index is 3.61. The molecule has 0 rings (SSSR count). The quantitative estimate of drug-likeness (QED) is 0.434. The minimum atomic E-state index is 1.25. The molecule has 0 fully saturated rings. The van der Waals surface area contributed by atoms with Crippen LogP contribution in [-0.4, -0.2) is 6.26 Å². The molecule has 1 heteroatoms. The summed E-state index contributed by atoms with van der Waals surface area (Å²) in [4.78, 5) is 0. The van der Waals surface area contributed by atoms with Gasteiger partial charge in [0.25, 0.3) is 0 Å². The van der Waals surface area contributed by atoms with Gasteiger partial charge in [-0.1, -0.05) is 20.3 Å². The summed E-state index contributed by atoms with van der Waals surface area (Å²) >= 11 is 3.53. The lowest BCUT2D eigenvalue weighted by Crippen LogP contribution is -1.27. The average Bonchev–Trinajstić information content (AvgIpc) is 1.46. The van der Waals surface area contributed by atoms with Crippen LogP contribution >= 0.6 is 12.6 Å². The SMILES string of the molecule is CCC.CS. The zero-order valence-electron chi connectivity index (χ0n) is 4.15. The van der Waals surface area contributed by atoms with Crippen LogP contribution in [0.2, 0.25) is 0 Å². The van der Waals surface area contributed by atoms with Gasteiger partial charge in [-0.2, -0.15) is 12.6 Å². The van der Waals surface area contributed by atoms with Gasteiger partial charge in [-0.15, -0.1) is 0 Å². The third-order valence-corrected chi connectivity index (χ3v) is 0. The number of hydrogen-bond acceptors (Lipinski definition) is 1. The van der Waals surface area contributed by atoms with Crippen LogP contribution in [0, 0.1) is 0 Å². The van der Waals surface area contributed by atoms with E-state index in [9.17, 15) is 0 Å². The molecule has 0 aliphatic heterocycles. The van der Waals surface area contributed by atoms with Gasteiger partial charge in [0, 0.05) is 0 Å². The molecule has 0 aliphatic carbocycles. The summed E-state index contributed by atoms with van der Waals surface area (Å²) in [5.74, 6) is 0. The van der Waals surface area contributed by atoms with Gasteiger partial charge < -0.3 is 0 Å². The molecule has 0 aromatic rings. The van der Waals surface area contributed by atoms with Gasteiger partial charge in [0.2, 0.25) is 0 Å². The molecule has 0 nitrogen and oxygen atoms in total. The molecule has 0 aromatic heterocycles. The Hall–Kier alpha value is 0.350. The molecule has 0 aliphatic rings. The van der Waals surface area contributed by atoms with Crippen molar-refractivity contribution in [3.63, 3.8) is 0 Å². The van der Waals surface area contributed by atoms with Gasteiger partial charge in [-0.05, 0) is 6.26 Å². The van der Waals surface area contributed by atoms with Gasteiger partial charge in [0.1, 0.15) is 0 Å². The second-order valence-corrected chi connectivity index (χ2v) is 0.707. The maximum atomic E-state index is 3.53. The summed E-state index contributed by atoms with van der Waals surface area (Å²) in [6.07, 6.45) is 2.94. The fourth-order valence-corrected chi connectivity index (χ4v) is 0. The Labute approximate surface area is 40.0 Å². The second kappa shape index (κ2) is 26.8. The summed E-state index contributed by atoms with van der Waals surface area (Å²) in [5, 5.41) is 0. The molecule has 0 saturated heterocycles. The van der Waals surface area contributed by atoms with Gasteiger partial charge in [-0.3, -0.25) is 0 Å². The first-order chi connectivity index (χ1) is 2.41. The van der Waals surface area contributed by atoms with E-state index >= 15 is 0 Å². The second-order valence-electron chi connectivity index (χ2n) is 0.707. The van der Waals surface area contributed by atoms with E-state index in [0.29, 0.717) is 0 Å². The van der Waals surface area contributed by atoms with Gasteiger partial charge in [0.05, 0.1) is 0 Å². The van der Waals surface area contributed by atoms with Crippen LogP contribution in [0.25, 0.3) is 0 Å². The lowest BCUT2D eigenvalue weighted by Gasteiger charge is -1.48. The van der Waals surface area contributed by atoms with E-state index in [-0.39, 0.29) is 0 Å². The highest BCUT2D eigenvalue weighted by molar-refractivity contribution is 7.79. The van der Waals surface area contributed by atoms with E-state index < -0.39 is 0 Å². The van der Waals surface area contributed by atoms with Gasteiger partial charge in [0.15, 0.2) is 0 Å². The Kier molecular flexibility index (Phi) is 48.3. The maximum Gasteiger partial charge on any atom is -0.0215 e. The van der Waals surface area contributed by atoms with Crippen molar-refractivity contribution in [1.82, 2.24) is 0 Å². The summed E-state index contributed by atoms with van der Waals surface area (Å²) in [5.41, 5.74) is 0. The molecular weight excluding hydrogens is 80.1 g/mol. The van der Waals surface area contributed by atoms with E-state index in [0.717, 1.165) is 0 Å². The molecule has 34 valence electrons. The molecule has 0 bridgehead atoms. The molecular formula is C4H12S. The molecule has 0 heterocycles. The Morgan fingerprint density at radius 1 is 1.20 bits per heavy atom. The van der Waals surface area contributed by atoms with Crippen molar-refractivity contribution in [2.24, 2.45) is 0 Å². The molecule has 0 N–H and O–H groups in total. The Morgan fingerprint density at radius 3 is 1.20 bits per heavy atom. The first-order valence-corrected chi connectivity index (χ1v) is 2.76. The maximum absolute atomic E-state index is 3.53. The zero-order chi connectivity index (χ0) is 4.71. The van der Waals surface area contributed by atoms with Crippen LogP contribution in [0.5, 0.6) is 0 Å². The molecule has 0 saturated carbocycles. The smallest absolute Gasteiger partial charge is 0.0215 e. The first kappa shape index (κ1) is 9.02. The minimum Gasteiger partial charge on any atom is -0.183 e. The number of rotatable bonds is 0. The molecule has 0 radical (unpaired) electrons. The summed E-state index contributed by atoms with van der Waals surface area (Å²) in [6, 6.07) is 0. The van der Waals surface area contributed by atoms with E-state index in [4.69, 9.17) is 0 Å². The first-order valence-electron chi connectivity index (χ1n) is 1.86. The molecule has 0 atom stereocenters. The Balaban J connectivity index is 0. The van der Waals surface area contributed by atoms with Crippen LogP contribution in [0.3, 0.4) is 0 Å². The fraction of sp³-hybridized carbons (Fsp3) is 1.00. The minimum absolute atomic E-state index is 1.25. The molecule has 0 unspecified atom stereocenters. The van der Waals surface area contributed by atoms with Gasteiger partial charge in [-0.25, -0.2) is 0 Å². The lowest BCUT2D eigenvalue weighted by atomic mass is 10.6. The molecule has 0 spiro atoms. The van der Waals surface area contributed by atoms with Crippen molar-refractivity contribution in [1.29, 1.82) is 0 Å². The van der Waals surface area contributed by atoms with Crippen molar-refractivity contribution in [3.8, 4) is 0 Å². The normalized spacial score (nSPS) is 4.80. The van der Waals surface area contributed by atoms with Crippen molar-refractivity contribution in [3.05, 3.63) is 0 Å². The largest absolute Gasteiger partial charge is 0.183 e. The van der Waals surface area contributed by atoms with Crippen LogP contribution in [0.4, 0.5) is 0 Å². The van der Waals surface area contributed by atoms with Gasteiger partial charge >= 0.3 is 0 Å². The highest BCUT2D eigenvalue weighted by Gasteiger charge is 1.35. The highest BCUT2D eigenvalue weighted by atomic mass is 32.1. The number of hydrogen-bond donors (Lipinski definition) is 1. The number of thiol groups is 1. The standard InChI is InChI=1S/C3H8.CH4S/c1-3-2;1-2/h3H2,1-2H3;2H,1H3. The fourth-order valence-electron chi connectivity index (χ4n) is 0. The summed E-state index contributed by atoms with van der Waals surface area (Å²) < 4.78 is 0. The predicted octanol–water partition coefficient (Wildman–Crippen LogP) is 1.96. The zero-order valence-corrected chi connectivity index (χ0v) is 5.05. The summed E-state index contributed by atoms with van der Waals surface area (Å²) in [6.45, 7) is 4.25. The third-order valence-electron chi connectivity index (χ3n) is 0. The highest BCUT2D eigenvalue weighted by Crippen LogP contribution is 1.56. The van der Waals surface area contributed by atoms with Crippen LogP contribution < -0.4 is 0 Å². The van der Waals surface area contributed by atoms with Crippen molar-refractivity contribution >= 4 is 12.6 Å². The topological polar surface area (TPSA) is 0 Å². The van der Waals surface area contributed by atoms with Crippen LogP contribution in [-0.2, 0) is 0 Å². The third kappa shape index (κ3) is 196.